The monoisotopic (exact) mass is 326 g/mol. The molecule has 5 heteroatoms. The predicted molar refractivity (Wildman–Crippen MR) is 79.8 cm³/mol. The number of benzene rings is 2. The van der Waals surface area contributed by atoms with Gasteiger partial charge in [-0.05, 0) is 46.3 Å². The van der Waals surface area contributed by atoms with Gasteiger partial charge in [0.15, 0.2) is 0 Å². The quantitative estimate of drug-likeness (QED) is 0.819. The standard InChI is InChI=1S/C13H12BrClN2O/c1-18-9-3-5-12(16)13(7-9)17-8-2-4-11(15)10(14)6-8/h2-7,17H,16H2,1H3. The summed E-state index contributed by atoms with van der Waals surface area (Å²) in [7, 11) is 1.62. The molecule has 0 atom stereocenters. The largest absolute Gasteiger partial charge is 0.497 e. The van der Waals surface area contributed by atoms with Gasteiger partial charge in [0, 0.05) is 16.2 Å². The van der Waals surface area contributed by atoms with E-state index in [0.717, 1.165) is 21.6 Å². The fraction of sp³-hybridized carbons (Fsp3) is 0.0769. The third-order valence-electron chi connectivity index (χ3n) is 2.46. The number of nitrogens with one attached hydrogen (secondary N) is 1. The van der Waals surface area contributed by atoms with Gasteiger partial charge in [0.25, 0.3) is 0 Å². The van der Waals surface area contributed by atoms with Crippen LogP contribution in [0.1, 0.15) is 0 Å². The maximum atomic E-state index is 5.94. The van der Waals surface area contributed by atoms with Gasteiger partial charge in [-0.1, -0.05) is 11.6 Å². The van der Waals surface area contributed by atoms with E-state index in [1.165, 1.54) is 0 Å². The molecule has 0 bridgehead atoms. The summed E-state index contributed by atoms with van der Waals surface area (Å²) in [6, 6.07) is 11.0. The summed E-state index contributed by atoms with van der Waals surface area (Å²) in [4.78, 5) is 0. The second-order valence-corrected chi connectivity index (χ2v) is 4.97. The lowest BCUT2D eigenvalue weighted by Gasteiger charge is -2.11. The Morgan fingerprint density at radius 2 is 2.00 bits per heavy atom. The molecule has 0 saturated heterocycles. The first-order valence-electron chi connectivity index (χ1n) is 5.26. The number of methoxy groups -OCH3 is 1. The van der Waals surface area contributed by atoms with Crippen LogP contribution in [0, 0.1) is 0 Å². The summed E-state index contributed by atoms with van der Waals surface area (Å²) in [5.41, 5.74) is 8.25. The zero-order valence-electron chi connectivity index (χ0n) is 9.71. The Morgan fingerprint density at radius 1 is 1.22 bits per heavy atom. The van der Waals surface area contributed by atoms with E-state index in [1.54, 1.807) is 13.2 Å². The first-order chi connectivity index (χ1) is 8.60. The van der Waals surface area contributed by atoms with Crippen molar-refractivity contribution in [1.82, 2.24) is 0 Å². The Kier molecular flexibility index (Phi) is 3.99. The molecule has 0 aliphatic rings. The Balaban J connectivity index is 2.30. The van der Waals surface area contributed by atoms with Crippen molar-refractivity contribution in [3.05, 3.63) is 45.9 Å². The topological polar surface area (TPSA) is 47.3 Å². The number of ether oxygens (including phenoxy) is 1. The van der Waals surface area contributed by atoms with E-state index >= 15 is 0 Å². The van der Waals surface area contributed by atoms with Crippen LogP contribution in [0.25, 0.3) is 0 Å². The van der Waals surface area contributed by atoms with Crippen molar-refractivity contribution < 1.29 is 4.74 Å². The van der Waals surface area contributed by atoms with Gasteiger partial charge in [0.2, 0.25) is 0 Å². The van der Waals surface area contributed by atoms with E-state index in [2.05, 4.69) is 21.2 Å². The van der Waals surface area contributed by atoms with Crippen molar-refractivity contribution in [3.63, 3.8) is 0 Å². The molecule has 0 fully saturated rings. The number of hydrogen-bond donors (Lipinski definition) is 2. The molecule has 0 unspecified atom stereocenters. The molecule has 18 heavy (non-hydrogen) atoms. The summed E-state index contributed by atoms with van der Waals surface area (Å²) in [6.07, 6.45) is 0. The normalized spacial score (nSPS) is 10.2. The highest BCUT2D eigenvalue weighted by Crippen LogP contribution is 2.31. The smallest absolute Gasteiger partial charge is 0.121 e. The lowest BCUT2D eigenvalue weighted by Crippen LogP contribution is -1.97. The molecule has 3 N–H and O–H groups in total. The number of halogens is 2. The molecule has 0 amide bonds. The minimum Gasteiger partial charge on any atom is -0.497 e. The second kappa shape index (κ2) is 5.50. The molecule has 2 rings (SSSR count). The average Bonchev–Trinajstić information content (AvgIpc) is 2.36. The van der Waals surface area contributed by atoms with Gasteiger partial charge in [-0.2, -0.15) is 0 Å². The van der Waals surface area contributed by atoms with Crippen LogP contribution in [0.3, 0.4) is 0 Å². The van der Waals surface area contributed by atoms with Gasteiger partial charge in [0.05, 0.1) is 23.5 Å². The molecule has 2 aromatic carbocycles. The van der Waals surface area contributed by atoms with Crippen LogP contribution < -0.4 is 15.8 Å². The van der Waals surface area contributed by atoms with Crippen molar-refractivity contribution in [2.24, 2.45) is 0 Å². The SMILES string of the molecule is COc1ccc(N)c(Nc2ccc(Cl)c(Br)c2)c1. The first-order valence-corrected chi connectivity index (χ1v) is 6.43. The zero-order chi connectivity index (χ0) is 13.1. The Labute approximate surface area is 119 Å². The van der Waals surface area contributed by atoms with Gasteiger partial charge in [0.1, 0.15) is 5.75 Å². The van der Waals surface area contributed by atoms with Crippen LogP contribution in [0.2, 0.25) is 5.02 Å². The Hall–Kier alpha value is -1.39. The van der Waals surface area contributed by atoms with Gasteiger partial charge >= 0.3 is 0 Å². The molecule has 3 nitrogen and oxygen atoms in total. The van der Waals surface area contributed by atoms with Gasteiger partial charge < -0.3 is 15.8 Å². The van der Waals surface area contributed by atoms with Crippen molar-refractivity contribution in [1.29, 1.82) is 0 Å². The number of nitrogens with two attached hydrogens (primary N) is 1. The van der Waals surface area contributed by atoms with Crippen LogP contribution in [-0.4, -0.2) is 7.11 Å². The highest BCUT2D eigenvalue weighted by Gasteiger charge is 2.04. The summed E-state index contributed by atoms with van der Waals surface area (Å²) in [5, 5.41) is 3.89. The Morgan fingerprint density at radius 3 is 2.67 bits per heavy atom. The molecule has 94 valence electrons. The second-order valence-electron chi connectivity index (χ2n) is 3.71. The molecular weight excluding hydrogens is 316 g/mol. The molecule has 2 aromatic rings. The summed E-state index contributed by atoms with van der Waals surface area (Å²) >= 11 is 9.32. The molecule has 0 aromatic heterocycles. The van der Waals surface area contributed by atoms with E-state index in [-0.39, 0.29) is 0 Å². The van der Waals surface area contributed by atoms with E-state index in [0.29, 0.717) is 10.7 Å². The number of nitrogen functional groups attached to an aromatic ring is 1. The van der Waals surface area contributed by atoms with Crippen molar-refractivity contribution in [3.8, 4) is 5.75 Å². The van der Waals surface area contributed by atoms with Crippen LogP contribution in [0.5, 0.6) is 5.75 Å². The van der Waals surface area contributed by atoms with Crippen molar-refractivity contribution in [2.45, 2.75) is 0 Å². The van der Waals surface area contributed by atoms with Gasteiger partial charge in [-0.25, -0.2) is 0 Å². The molecule has 0 heterocycles. The van der Waals surface area contributed by atoms with Crippen LogP contribution in [0.15, 0.2) is 40.9 Å². The predicted octanol–water partition coefficient (Wildman–Crippen LogP) is 4.44. The highest BCUT2D eigenvalue weighted by atomic mass is 79.9. The van der Waals surface area contributed by atoms with E-state index < -0.39 is 0 Å². The summed E-state index contributed by atoms with van der Waals surface area (Å²) < 4.78 is 5.99. The maximum Gasteiger partial charge on any atom is 0.121 e. The highest BCUT2D eigenvalue weighted by molar-refractivity contribution is 9.10. The molecular formula is C13H12BrClN2O. The lowest BCUT2D eigenvalue weighted by molar-refractivity contribution is 0.415. The first kappa shape index (κ1) is 13.1. The lowest BCUT2D eigenvalue weighted by atomic mass is 10.2. The third-order valence-corrected chi connectivity index (χ3v) is 3.67. The number of rotatable bonds is 3. The fourth-order valence-corrected chi connectivity index (χ4v) is 2.00. The average molecular weight is 328 g/mol. The number of hydrogen-bond acceptors (Lipinski definition) is 3. The minimum absolute atomic E-state index is 0.655. The molecule has 0 radical (unpaired) electrons. The van der Waals surface area contributed by atoms with E-state index in [9.17, 15) is 0 Å². The fourth-order valence-electron chi connectivity index (χ4n) is 1.50. The molecule has 0 aliphatic heterocycles. The van der Waals surface area contributed by atoms with Crippen LogP contribution >= 0.6 is 27.5 Å². The summed E-state index contributed by atoms with van der Waals surface area (Å²) in [6.45, 7) is 0. The van der Waals surface area contributed by atoms with Crippen molar-refractivity contribution >= 4 is 44.6 Å². The molecule has 0 aliphatic carbocycles. The summed E-state index contributed by atoms with van der Waals surface area (Å²) in [5.74, 6) is 0.750. The van der Waals surface area contributed by atoms with Crippen LogP contribution in [-0.2, 0) is 0 Å². The van der Waals surface area contributed by atoms with E-state index in [4.69, 9.17) is 22.1 Å². The number of anilines is 3. The Bertz CT molecular complexity index is 575. The zero-order valence-corrected chi connectivity index (χ0v) is 12.0. The molecule has 0 saturated carbocycles. The van der Waals surface area contributed by atoms with Gasteiger partial charge in [-0.3, -0.25) is 0 Å². The maximum absolute atomic E-state index is 5.94. The third kappa shape index (κ3) is 2.89. The minimum atomic E-state index is 0.655. The van der Waals surface area contributed by atoms with Gasteiger partial charge in [-0.15, -0.1) is 0 Å². The van der Waals surface area contributed by atoms with E-state index in [1.807, 2.05) is 30.3 Å². The van der Waals surface area contributed by atoms with Crippen LogP contribution in [0.4, 0.5) is 17.1 Å². The van der Waals surface area contributed by atoms with Crippen molar-refractivity contribution in [2.75, 3.05) is 18.2 Å². The molecule has 0 spiro atoms.